The van der Waals surface area contributed by atoms with E-state index < -0.39 is 0 Å². The van der Waals surface area contributed by atoms with Crippen LogP contribution in [0.25, 0.3) is 0 Å². The molecule has 0 aliphatic heterocycles. The van der Waals surface area contributed by atoms with Gasteiger partial charge in [-0.3, -0.25) is 4.79 Å². The molecule has 0 saturated heterocycles. The molecule has 5 heteroatoms. The second-order valence-corrected chi connectivity index (χ2v) is 4.51. The van der Waals surface area contributed by atoms with E-state index >= 15 is 0 Å². The molecule has 0 aliphatic carbocycles. The van der Waals surface area contributed by atoms with Crippen molar-refractivity contribution in [3.05, 3.63) is 47.0 Å². The fraction of sp³-hybridized carbons (Fsp3) is 0.231. The van der Waals surface area contributed by atoms with Gasteiger partial charge in [-0.25, -0.2) is 4.98 Å². The largest absolute Gasteiger partial charge is 0.340 e. The molecule has 2 aromatic rings. The summed E-state index contributed by atoms with van der Waals surface area (Å²) in [5, 5.41) is 3.19. The van der Waals surface area contributed by atoms with E-state index in [0.29, 0.717) is 17.4 Å². The average molecular weight is 264 g/mol. The molecule has 0 saturated carbocycles. The Kier molecular flexibility index (Phi) is 3.67. The molecule has 2 aromatic heterocycles. The molecule has 1 N–H and O–H groups in total. The molecule has 0 aromatic carbocycles. The Bertz CT molecular complexity index is 541. The Morgan fingerprint density at radius 3 is 2.50 bits per heavy atom. The van der Waals surface area contributed by atoms with Crippen molar-refractivity contribution in [2.45, 2.75) is 20.4 Å². The zero-order valence-electron chi connectivity index (χ0n) is 10.3. The van der Waals surface area contributed by atoms with E-state index in [1.54, 1.807) is 12.1 Å². The van der Waals surface area contributed by atoms with Crippen LogP contribution in [-0.4, -0.2) is 15.5 Å². The summed E-state index contributed by atoms with van der Waals surface area (Å²) in [4.78, 5) is 15.8. The Balaban J connectivity index is 2.03. The molecule has 4 nitrogen and oxygen atoms in total. The van der Waals surface area contributed by atoms with E-state index in [0.717, 1.165) is 11.4 Å². The topological polar surface area (TPSA) is 46.9 Å². The van der Waals surface area contributed by atoms with Crippen molar-refractivity contribution in [2.24, 2.45) is 0 Å². The highest BCUT2D eigenvalue weighted by Gasteiger charge is 2.07. The van der Waals surface area contributed by atoms with E-state index in [2.05, 4.69) is 10.3 Å². The first-order valence-corrected chi connectivity index (χ1v) is 5.98. The number of aromatic nitrogens is 2. The lowest BCUT2D eigenvalue weighted by Gasteiger charge is -2.09. The fourth-order valence-corrected chi connectivity index (χ4v) is 1.85. The summed E-state index contributed by atoms with van der Waals surface area (Å²) in [6.07, 6.45) is 1.54. The summed E-state index contributed by atoms with van der Waals surface area (Å²) in [5.41, 5.74) is 2.78. The third-order valence-electron chi connectivity index (χ3n) is 2.73. The van der Waals surface area contributed by atoms with Crippen LogP contribution in [0.3, 0.4) is 0 Å². The second kappa shape index (κ2) is 5.23. The van der Waals surface area contributed by atoms with Crippen LogP contribution < -0.4 is 5.32 Å². The summed E-state index contributed by atoms with van der Waals surface area (Å²) in [7, 11) is 0. The fourth-order valence-electron chi connectivity index (χ4n) is 1.74. The minimum Gasteiger partial charge on any atom is -0.340 e. The zero-order chi connectivity index (χ0) is 13.1. The lowest BCUT2D eigenvalue weighted by molar-refractivity contribution is -0.116. The Hall–Kier alpha value is -1.81. The first-order chi connectivity index (χ1) is 8.56. The number of carbonyl (C=O) groups is 1. The molecule has 0 fully saturated rings. The van der Waals surface area contributed by atoms with Crippen molar-refractivity contribution in [3.8, 4) is 0 Å². The van der Waals surface area contributed by atoms with Gasteiger partial charge in [-0.2, -0.15) is 0 Å². The predicted molar refractivity (Wildman–Crippen MR) is 71.8 cm³/mol. The van der Waals surface area contributed by atoms with Crippen molar-refractivity contribution in [2.75, 3.05) is 5.32 Å². The number of carbonyl (C=O) groups excluding carboxylic acids is 1. The molecule has 2 heterocycles. The summed E-state index contributed by atoms with van der Waals surface area (Å²) in [6, 6.07) is 7.35. The average Bonchev–Trinajstić information content (AvgIpc) is 2.64. The monoisotopic (exact) mass is 263 g/mol. The van der Waals surface area contributed by atoms with Crippen molar-refractivity contribution in [3.63, 3.8) is 0 Å². The van der Waals surface area contributed by atoms with Crippen molar-refractivity contribution in [1.82, 2.24) is 9.55 Å². The molecule has 1 amide bonds. The van der Waals surface area contributed by atoms with Gasteiger partial charge in [0.15, 0.2) is 0 Å². The summed E-state index contributed by atoms with van der Waals surface area (Å²) in [5.74, 6) is -0.0819. The van der Waals surface area contributed by atoms with Crippen LogP contribution in [0.4, 0.5) is 5.69 Å². The quantitative estimate of drug-likeness (QED) is 0.866. The third kappa shape index (κ3) is 2.90. The van der Waals surface area contributed by atoms with Gasteiger partial charge < -0.3 is 9.88 Å². The molecule has 94 valence electrons. The van der Waals surface area contributed by atoms with E-state index in [1.165, 1.54) is 6.20 Å². The van der Waals surface area contributed by atoms with Crippen LogP contribution in [0.2, 0.25) is 5.15 Å². The molecule has 0 radical (unpaired) electrons. The smallest absolute Gasteiger partial charge is 0.244 e. The number of anilines is 1. The molecule has 0 atom stereocenters. The Morgan fingerprint density at radius 1 is 1.28 bits per heavy atom. The minimum atomic E-state index is -0.0819. The highest BCUT2D eigenvalue weighted by molar-refractivity contribution is 6.29. The van der Waals surface area contributed by atoms with E-state index in [-0.39, 0.29) is 5.91 Å². The van der Waals surface area contributed by atoms with E-state index in [4.69, 9.17) is 11.6 Å². The van der Waals surface area contributed by atoms with Crippen LogP contribution in [0.1, 0.15) is 11.4 Å². The highest BCUT2D eigenvalue weighted by atomic mass is 35.5. The normalized spacial score (nSPS) is 10.4. The van der Waals surface area contributed by atoms with Gasteiger partial charge >= 0.3 is 0 Å². The standard InChI is InChI=1S/C13H14ClN3O/c1-9-3-4-10(2)17(9)8-13(18)16-11-5-6-12(14)15-7-11/h3-7H,8H2,1-2H3,(H,16,18). The number of rotatable bonds is 3. The summed E-state index contributed by atoms with van der Waals surface area (Å²) < 4.78 is 1.96. The molecular formula is C13H14ClN3O. The molecule has 0 aliphatic rings. The van der Waals surface area contributed by atoms with Gasteiger partial charge in [0.1, 0.15) is 11.7 Å². The predicted octanol–water partition coefficient (Wildman–Crippen LogP) is 2.79. The number of hydrogen-bond acceptors (Lipinski definition) is 2. The van der Waals surface area contributed by atoms with Gasteiger partial charge in [-0.1, -0.05) is 11.6 Å². The van der Waals surface area contributed by atoms with Crippen LogP contribution >= 0.6 is 11.6 Å². The van der Waals surface area contributed by atoms with Gasteiger partial charge in [0.25, 0.3) is 0 Å². The zero-order valence-corrected chi connectivity index (χ0v) is 11.0. The number of nitrogens with zero attached hydrogens (tertiary/aromatic N) is 2. The lowest BCUT2D eigenvalue weighted by Crippen LogP contribution is -2.20. The highest BCUT2D eigenvalue weighted by Crippen LogP contribution is 2.11. The summed E-state index contributed by atoms with van der Waals surface area (Å²) >= 11 is 5.68. The maximum atomic E-state index is 11.9. The van der Waals surface area contributed by atoms with Gasteiger partial charge in [0, 0.05) is 11.4 Å². The second-order valence-electron chi connectivity index (χ2n) is 4.12. The molecule has 18 heavy (non-hydrogen) atoms. The molecule has 0 bridgehead atoms. The van der Waals surface area contributed by atoms with Crippen molar-refractivity contribution in [1.29, 1.82) is 0 Å². The van der Waals surface area contributed by atoms with Crippen LogP contribution in [0.15, 0.2) is 30.5 Å². The maximum Gasteiger partial charge on any atom is 0.244 e. The van der Waals surface area contributed by atoms with Gasteiger partial charge in [-0.15, -0.1) is 0 Å². The number of aryl methyl sites for hydroxylation is 2. The van der Waals surface area contributed by atoms with E-state index in [9.17, 15) is 4.79 Å². The van der Waals surface area contributed by atoms with E-state index in [1.807, 2.05) is 30.5 Å². The number of hydrogen-bond donors (Lipinski definition) is 1. The van der Waals surface area contributed by atoms with Gasteiger partial charge in [-0.05, 0) is 38.1 Å². The van der Waals surface area contributed by atoms with Gasteiger partial charge in [0.2, 0.25) is 5.91 Å². The third-order valence-corrected chi connectivity index (χ3v) is 2.95. The SMILES string of the molecule is Cc1ccc(C)n1CC(=O)Nc1ccc(Cl)nc1. The van der Waals surface area contributed by atoms with Crippen molar-refractivity contribution >= 4 is 23.2 Å². The van der Waals surface area contributed by atoms with Crippen molar-refractivity contribution < 1.29 is 4.79 Å². The maximum absolute atomic E-state index is 11.9. The Labute approximate surface area is 111 Å². The molecule has 0 unspecified atom stereocenters. The lowest BCUT2D eigenvalue weighted by atomic mass is 10.4. The number of halogens is 1. The van der Waals surface area contributed by atoms with Crippen LogP contribution in [-0.2, 0) is 11.3 Å². The molecule has 2 rings (SSSR count). The number of amides is 1. The number of pyridine rings is 1. The van der Waals surface area contributed by atoms with Gasteiger partial charge in [0.05, 0.1) is 11.9 Å². The molecular weight excluding hydrogens is 250 g/mol. The first kappa shape index (κ1) is 12.6. The summed E-state index contributed by atoms with van der Waals surface area (Å²) in [6.45, 7) is 4.25. The number of nitrogens with one attached hydrogen (secondary N) is 1. The van der Waals surface area contributed by atoms with Crippen LogP contribution in [0.5, 0.6) is 0 Å². The first-order valence-electron chi connectivity index (χ1n) is 5.60. The minimum absolute atomic E-state index is 0.0819. The Morgan fingerprint density at radius 2 is 1.94 bits per heavy atom. The molecule has 0 spiro atoms. The van der Waals surface area contributed by atoms with Crippen LogP contribution in [0, 0.1) is 13.8 Å².